The second-order valence-corrected chi connectivity index (χ2v) is 16.0. The molecule has 7 atom stereocenters. The number of rotatable bonds is 31. The Morgan fingerprint density at radius 2 is 1.25 bits per heavy atom. The highest BCUT2D eigenvalue weighted by Gasteiger charge is 2.44. The van der Waals surface area contributed by atoms with Crippen LogP contribution in [0.3, 0.4) is 0 Å². The molecule has 6 N–H and O–H groups in total. The summed E-state index contributed by atoms with van der Waals surface area (Å²) in [6, 6.07) is 8.04. The summed E-state index contributed by atoms with van der Waals surface area (Å²) >= 11 is 2.34. The summed E-state index contributed by atoms with van der Waals surface area (Å²) in [5, 5.41) is 54.2. The van der Waals surface area contributed by atoms with Gasteiger partial charge in [0.2, 0.25) is 5.91 Å². The molecule has 10 heteroatoms. The predicted molar refractivity (Wildman–Crippen MR) is 212 cm³/mol. The van der Waals surface area contributed by atoms with Crippen LogP contribution in [0.15, 0.2) is 24.3 Å². The minimum atomic E-state index is -1.55. The van der Waals surface area contributed by atoms with Gasteiger partial charge in [-0.2, -0.15) is 0 Å². The van der Waals surface area contributed by atoms with Crippen molar-refractivity contribution >= 4 is 28.5 Å². The van der Waals surface area contributed by atoms with Crippen LogP contribution < -0.4 is 5.32 Å². The molecule has 1 saturated heterocycles. The van der Waals surface area contributed by atoms with Gasteiger partial charge in [0.05, 0.1) is 25.4 Å². The molecule has 2 rings (SSSR count). The summed E-state index contributed by atoms with van der Waals surface area (Å²) in [6.07, 6.45) is 19.1. The van der Waals surface area contributed by atoms with Gasteiger partial charge < -0.3 is 40.3 Å². The van der Waals surface area contributed by atoms with Gasteiger partial charge in [0.25, 0.3) is 0 Å². The smallest absolute Gasteiger partial charge is 0.220 e. The number of aliphatic hydroxyl groups excluding tert-OH is 5. The molecular weight excluding hydrogens is 761 g/mol. The van der Waals surface area contributed by atoms with E-state index in [9.17, 15) is 30.3 Å². The van der Waals surface area contributed by atoms with Gasteiger partial charge in [-0.25, -0.2) is 0 Å². The van der Waals surface area contributed by atoms with Crippen molar-refractivity contribution in [1.29, 1.82) is 0 Å². The number of hydrogen-bond acceptors (Lipinski definition) is 8. The fraction of sp³-hybridized carbons (Fsp3) is 0.829. The quantitative estimate of drug-likeness (QED) is 0.0333. The molecule has 1 heterocycles. The Kier molecular flexibility index (Phi) is 26.8. The molecule has 0 saturated carbocycles. The first-order chi connectivity index (χ1) is 24.8. The summed E-state index contributed by atoms with van der Waals surface area (Å²) in [5.41, 5.74) is 1.41. The molecule has 296 valence electrons. The van der Waals surface area contributed by atoms with Gasteiger partial charge >= 0.3 is 0 Å². The second kappa shape index (κ2) is 29.5. The molecule has 0 spiro atoms. The third kappa shape index (κ3) is 21.0. The van der Waals surface area contributed by atoms with Gasteiger partial charge in [-0.3, -0.25) is 4.79 Å². The van der Waals surface area contributed by atoms with E-state index in [0.717, 1.165) is 44.9 Å². The second-order valence-electron chi connectivity index (χ2n) is 14.8. The number of halogens is 1. The first kappa shape index (κ1) is 46.3. The topological polar surface area (TPSA) is 149 Å². The molecule has 1 aliphatic heterocycles. The van der Waals surface area contributed by atoms with E-state index in [-0.39, 0.29) is 12.5 Å². The maximum Gasteiger partial charge on any atom is 0.220 e. The molecule has 1 aliphatic rings. The maximum absolute atomic E-state index is 12.9. The first-order valence-electron chi connectivity index (χ1n) is 20.4. The van der Waals surface area contributed by atoms with Crippen LogP contribution in [0.4, 0.5) is 0 Å². The van der Waals surface area contributed by atoms with Gasteiger partial charge in [0.15, 0.2) is 6.29 Å². The standard InChI is InChI=1S/C41H72INO8/c1-2-3-4-5-6-7-8-9-10-11-15-18-21-24-35(45)34(31-50-41-40(49)39(48)38(47)36(30-44)51-41)43-37(46)25-22-19-16-13-12-14-17-20-23-32-26-28-33(42)29-27-32/h26-29,34-36,38-41,44-45,47-49H,2-25,30-31H2,1H3,(H,43,46)/t34-,35+,36?,38?,39?,40?,41?/m0/s1. The number of hydrogen-bond donors (Lipinski definition) is 6. The van der Waals surface area contributed by atoms with Crippen LogP contribution in [0.2, 0.25) is 0 Å². The van der Waals surface area contributed by atoms with Gasteiger partial charge in [-0.05, 0) is 66.0 Å². The summed E-state index contributed by atoms with van der Waals surface area (Å²) in [6.45, 7) is 1.55. The van der Waals surface area contributed by atoms with E-state index in [4.69, 9.17) is 9.47 Å². The van der Waals surface area contributed by atoms with Gasteiger partial charge in [-0.15, -0.1) is 0 Å². The number of aliphatic hydroxyl groups is 5. The number of aryl methyl sites for hydroxylation is 1. The molecular formula is C41H72INO8. The van der Waals surface area contributed by atoms with E-state index in [2.05, 4.69) is 59.1 Å². The monoisotopic (exact) mass is 833 g/mol. The third-order valence-corrected chi connectivity index (χ3v) is 11.0. The molecule has 1 aromatic carbocycles. The number of unbranched alkanes of at least 4 members (excludes halogenated alkanes) is 19. The van der Waals surface area contributed by atoms with Crippen molar-refractivity contribution in [2.45, 2.75) is 204 Å². The molecule has 0 aromatic heterocycles. The minimum absolute atomic E-state index is 0.141. The average Bonchev–Trinajstić information content (AvgIpc) is 3.13. The molecule has 1 fully saturated rings. The number of carbonyl (C=O) groups is 1. The zero-order valence-electron chi connectivity index (χ0n) is 31.6. The number of ether oxygens (including phenoxy) is 2. The maximum atomic E-state index is 12.9. The fourth-order valence-corrected chi connectivity index (χ4v) is 7.19. The van der Waals surface area contributed by atoms with Gasteiger partial charge in [0, 0.05) is 9.99 Å². The first-order valence-corrected chi connectivity index (χ1v) is 21.5. The van der Waals surface area contributed by atoms with E-state index in [0.29, 0.717) is 12.8 Å². The van der Waals surface area contributed by atoms with E-state index in [1.54, 1.807) is 0 Å². The van der Waals surface area contributed by atoms with E-state index in [1.807, 2.05) is 0 Å². The Morgan fingerprint density at radius 1 is 0.745 bits per heavy atom. The Labute approximate surface area is 322 Å². The third-order valence-electron chi connectivity index (χ3n) is 10.2. The average molecular weight is 834 g/mol. The Bertz CT molecular complexity index is 983. The van der Waals surface area contributed by atoms with Crippen LogP contribution >= 0.6 is 22.6 Å². The van der Waals surface area contributed by atoms with Gasteiger partial charge in [0.1, 0.15) is 24.4 Å². The van der Waals surface area contributed by atoms with E-state index in [1.165, 1.54) is 105 Å². The highest BCUT2D eigenvalue weighted by atomic mass is 127. The van der Waals surface area contributed by atoms with Crippen LogP contribution in [0.1, 0.15) is 160 Å². The molecule has 5 unspecified atom stereocenters. The van der Waals surface area contributed by atoms with Crippen molar-refractivity contribution < 1.29 is 39.8 Å². The lowest BCUT2D eigenvalue weighted by Crippen LogP contribution is -2.60. The van der Waals surface area contributed by atoms with Crippen LogP contribution in [0, 0.1) is 3.57 Å². The van der Waals surface area contributed by atoms with E-state index < -0.39 is 49.5 Å². The molecule has 51 heavy (non-hydrogen) atoms. The molecule has 1 amide bonds. The summed E-state index contributed by atoms with van der Waals surface area (Å²) in [7, 11) is 0. The van der Waals surface area contributed by atoms with Crippen LogP contribution in [-0.4, -0.2) is 87.5 Å². The van der Waals surface area contributed by atoms with Crippen molar-refractivity contribution in [2.75, 3.05) is 13.2 Å². The lowest BCUT2D eigenvalue weighted by Gasteiger charge is -2.40. The highest BCUT2D eigenvalue weighted by molar-refractivity contribution is 14.1. The van der Waals surface area contributed by atoms with Crippen molar-refractivity contribution in [3.63, 3.8) is 0 Å². The Balaban J connectivity index is 1.67. The summed E-state index contributed by atoms with van der Waals surface area (Å²) in [5.74, 6) is -0.155. The van der Waals surface area contributed by atoms with Gasteiger partial charge in [-0.1, -0.05) is 141 Å². The van der Waals surface area contributed by atoms with Crippen LogP contribution in [-0.2, 0) is 20.7 Å². The zero-order valence-corrected chi connectivity index (χ0v) is 33.7. The minimum Gasteiger partial charge on any atom is -0.394 e. The fourth-order valence-electron chi connectivity index (χ4n) is 6.83. The number of benzene rings is 1. The number of nitrogens with one attached hydrogen (secondary N) is 1. The van der Waals surface area contributed by atoms with E-state index >= 15 is 0 Å². The normalized spacial score (nSPS) is 21.8. The summed E-state index contributed by atoms with van der Waals surface area (Å²) in [4.78, 5) is 12.9. The highest BCUT2D eigenvalue weighted by Crippen LogP contribution is 2.23. The van der Waals surface area contributed by atoms with Crippen LogP contribution in [0.5, 0.6) is 0 Å². The Morgan fingerprint density at radius 3 is 1.80 bits per heavy atom. The van der Waals surface area contributed by atoms with Crippen molar-refractivity contribution in [1.82, 2.24) is 5.32 Å². The van der Waals surface area contributed by atoms with Crippen molar-refractivity contribution in [3.05, 3.63) is 33.4 Å². The number of carbonyl (C=O) groups excluding carboxylic acids is 1. The largest absolute Gasteiger partial charge is 0.394 e. The molecule has 1 aromatic rings. The SMILES string of the molecule is CCCCCCCCCCCCCCC[C@@H](O)[C@H](COC1OC(CO)C(O)C(O)C1O)NC(=O)CCCCCCCCCCc1ccc(I)cc1. The molecule has 0 radical (unpaired) electrons. The number of amides is 1. The van der Waals surface area contributed by atoms with Crippen molar-refractivity contribution in [3.8, 4) is 0 Å². The molecule has 0 bridgehead atoms. The van der Waals surface area contributed by atoms with Crippen LogP contribution in [0.25, 0.3) is 0 Å². The molecule has 9 nitrogen and oxygen atoms in total. The Hall–Kier alpha value is -0.860. The predicted octanol–water partition coefficient (Wildman–Crippen LogP) is 7.49. The lowest BCUT2D eigenvalue weighted by molar-refractivity contribution is -0.302. The molecule has 0 aliphatic carbocycles. The summed E-state index contributed by atoms with van der Waals surface area (Å²) < 4.78 is 12.5. The zero-order chi connectivity index (χ0) is 37.1. The lowest BCUT2D eigenvalue weighted by atomic mass is 9.99. The van der Waals surface area contributed by atoms with Crippen molar-refractivity contribution in [2.24, 2.45) is 0 Å².